The Labute approximate surface area is 122 Å². The molecule has 1 heterocycles. The second-order valence-electron chi connectivity index (χ2n) is 6.48. The Hall–Kier alpha value is -1.16. The maximum absolute atomic E-state index is 9.74. The van der Waals surface area contributed by atoms with Crippen LogP contribution in [0.1, 0.15) is 63.4 Å². The van der Waals surface area contributed by atoms with Crippen LogP contribution in [0, 0.1) is 12.3 Å². The molecule has 1 aromatic heterocycles. The van der Waals surface area contributed by atoms with Gasteiger partial charge in [0.15, 0.2) is 0 Å². The molecule has 0 saturated heterocycles. The first-order chi connectivity index (χ1) is 9.54. The summed E-state index contributed by atoms with van der Waals surface area (Å²) in [5.74, 6) is 2.10. The summed E-state index contributed by atoms with van der Waals surface area (Å²) in [4.78, 5) is 9.04. The van der Waals surface area contributed by atoms with Gasteiger partial charge < -0.3 is 10.4 Å². The van der Waals surface area contributed by atoms with E-state index >= 15 is 0 Å². The van der Waals surface area contributed by atoms with Crippen molar-refractivity contribution >= 4 is 5.82 Å². The molecule has 2 N–H and O–H groups in total. The second kappa shape index (κ2) is 6.53. The maximum atomic E-state index is 9.74. The molecular weight excluding hydrogens is 250 g/mol. The quantitative estimate of drug-likeness (QED) is 0.867. The van der Waals surface area contributed by atoms with Crippen molar-refractivity contribution in [1.29, 1.82) is 0 Å². The number of hydrogen-bond donors (Lipinski definition) is 2. The van der Waals surface area contributed by atoms with Gasteiger partial charge in [0.2, 0.25) is 0 Å². The number of aryl methyl sites for hydroxylation is 1. The standard InChI is InChI=1S/C16H27N3O/c1-12(2)15-18-13(3)9-14(19-15)17-10-16(11-20)7-5-4-6-8-16/h9,12,20H,4-8,10-11H2,1-3H3,(H,17,18,19). The summed E-state index contributed by atoms with van der Waals surface area (Å²) in [5, 5.41) is 13.2. The number of aromatic nitrogens is 2. The third-order valence-corrected chi connectivity index (χ3v) is 4.28. The van der Waals surface area contributed by atoms with Crippen LogP contribution < -0.4 is 5.32 Å². The fourth-order valence-electron chi connectivity index (χ4n) is 2.91. The second-order valence-corrected chi connectivity index (χ2v) is 6.48. The van der Waals surface area contributed by atoms with Gasteiger partial charge in [0.25, 0.3) is 0 Å². The van der Waals surface area contributed by atoms with Crippen molar-refractivity contribution in [3.63, 3.8) is 0 Å². The van der Waals surface area contributed by atoms with Crippen molar-refractivity contribution < 1.29 is 5.11 Å². The monoisotopic (exact) mass is 277 g/mol. The fraction of sp³-hybridized carbons (Fsp3) is 0.750. The number of rotatable bonds is 5. The fourth-order valence-corrected chi connectivity index (χ4v) is 2.91. The van der Waals surface area contributed by atoms with E-state index in [1.165, 1.54) is 19.3 Å². The van der Waals surface area contributed by atoms with Gasteiger partial charge in [0.05, 0.1) is 6.61 Å². The molecule has 4 heteroatoms. The van der Waals surface area contributed by atoms with Crippen molar-refractivity contribution in [3.05, 3.63) is 17.6 Å². The third kappa shape index (κ3) is 3.69. The van der Waals surface area contributed by atoms with Crippen molar-refractivity contribution in [3.8, 4) is 0 Å². The molecule has 0 aromatic carbocycles. The molecule has 1 aliphatic carbocycles. The van der Waals surface area contributed by atoms with Crippen molar-refractivity contribution in [1.82, 2.24) is 9.97 Å². The van der Waals surface area contributed by atoms with E-state index in [0.29, 0.717) is 5.92 Å². The first kappa shape index (κ1) is 15.2. The molecule has 0 unspecified atom stereocenters. The molecule has 112 valence electrons. The molecule has 1 aromatic rings. The van der Waals surface area contributed by atoms with Gasteiger partial charge in [-0.2, -0.15) is 0 Å². The Morgan fingerprint density at radius 1 is 1.25 bits per heavy atom. The van der Waals surface area contributed by atoms with Gasteiger partial charge in [-0.05, 0) is 19.8 Å². The lowest BCUT2D eigenvalue weighted by atomic mass is 9.74. The molecule has 0 radical (unpaired) electrons. The predicted octanol–water partition coefficient (Wildman–Crippen LogP) is 3.26. The van der Waals surface area contributed by atoms with Crippen LogP contribution in [0.25, 0.3) is 0 Å². The van der Waals surface area contributed by atoms with Gasteiger partial charge in [-0.25, -0.2) is 9.97 Å². The molecule has 1 saturated carbocycles. The largest absolute Gasteiger partial charge is 0.396 e. The SMILES string of the molecule is Cc1cc(NCC2(CO)CCCCC2)nc(C(C)C)n1. The van der Waals surface area contributed by atoms with Gasteiger partial charge in [-0.1, -0.05) is 33.1 Å². The lowest BCUT2D eigenvalue weighted by molar-refractivity contribution is 0.0943. The molecule has 4 nitrogen and oxygen atoms in total. The first-order valence-electron chi connectivity index (χ1n) is 7.75. The smallest absolute Gasteiger partial charge is 0.133 e. The van der Waals surface area contributed by atoms with E-state index in [1.807, 2.05) is 13.0 Å². The number of aliphatic hydroxyl groups excluding tert-OH is 1. The molecule has 0 amide bonds. The average molecular weight is 277 g/mol. The van der Waals surface area contributed by atoms with Crippen LogP contribution in [0.5, 0.6) is 0 Å². The highest BCUT2D eigenvalue weighted by molar-refractivity contribution is 5.36. The number of nitrogens with one attached hydrogen (secondary N) is 1. The van der Waals surface area contributed by atoms with Crippen LogP contribution in [-0.4, -0.2) is 28.2 Å². The first-order valence-corrected chi connectivity index (χ1v) is 7.75. The van der Waals surface area contributed by atoms with E-state index in [9.17, 15) is 5.11 Å². The van der Waals surface area contributed by atoms with Crippen LogP contribution in [0.4, 0.5) is 5.82 Å². The summed E-state index contributed by atoms with van der Waals surface area (Å²) >= 11 is 0. The van der Waals surface area contributed by atoms with E-state index in [0.717, 1.165) is 36.7 Å². The van der Waals surface area contributed by atoms with Gasteiger partial charge in [0, 0.05) is 29.6 Å². The van der Waals surface area contributed by atoms with Crippen LogP contribution in [0.3, 0.4) is 0 Å². The summed E-state index contributed by atoms with van der Waals surface area (Å²) in [5.41, 5.74) is 1.03. The Kier molecular flexibility index (Phi) is 4.97. The van der Waals surface area contributed by atoms with Crippen LogP contribution in [-0.2, 0) is 0 Å². The topological polar surface area (TPSA) is 58.0 Å². The highest BCUT2D eigenvalue weighted by Crippen LogP contribution is 2.35. The van der Waals surface area contributed by atoms with Gasteiger partial charge >= 0.3 is 0 Å². The van der Waals surface area contributed by atoms with Crippen LogP contribution in [0.15, 0.2) is 6.07 Å². The lowest BCUT2D eigenvalue weighted by Gasteiger charge is -2.35. The van der Waals surface area contributed by atoms with E-state index < -0.39 is 0 Å². The summed E-state index contributed by atoms with van der Waals surface area (Å²) in [6, 6.07) is 1.99. The zero-order valence-corrected chi connectivity index (χ0v) is 12.9. The normalized spacial score (nSPS) is 18.2. The molecule has 0 bridgehead atoms. The zero-order chi connectivity index (χ0) is 14.6. The minimum Gasteiger partial charge on any atom is -0.396 e. The highest BCUT2D eigenvalue weighted by atomic mass is 16.3. The van der Waals surface area contributed by atoms with Gasteiger partial charge in [-0.3, -0.25) is 0 Å². The molecule has 0 atom stereocenters. The minimum absolute atomic E-state index is 0.0368. The molecule has 1 aliphatic rings. The summed E-state index contributed by atoms with van der Waals surface area (Å²) < 4.78 is 0. The number of nitrogens with zero attached hydrogens (tertiary/aromatic N) is 2. The minimum atomic E-state index is 0.0368. The Bertz CT molecular complexity index is 439. The van der Waals surface area contributed by atoms with Crippen molar-refractivity contribution in [2.24, 2.45) is 5.41 Å². The van der Waals surface area contributed by atoms with Gasteiger partial charge in [0.1, 0.15) is 11.6 Å². The zero-order valence-electron chi connectivity index (χ0n) is 12.9. The summed E-state index contributed by atoms with van der Waals surface area (Å²) in [7, 11) is 0. The summed E-state index contributed by atoms with van der Waals surface area (Å²) in [6.45, 7) is 7.28. The number of hydrogen-bond acceptors (Lipinski definition) is 4. The highest BCUT2D eigenvalue weighted by Gasteiger charge is 2.31. The summed E-state index contributed by atoms with van der Waals surface area (Å²) in [6.07, 6.45) is 5.96. The Morgan fingerprint density at radius 3 is 2.55 bits per heavy atom. The molecule has 2 rings (SSSR count). The van der Waals surface area contributed by atoms with E-state index in [1.54, 1.807) is 0 Å². The van der Waals surface area contributed by atoms with Crippen LogP contribution in [0.2, 0.25) is 0 Å². The van der Waals surface area contributed by atoms with Crippen molar-refractivity contribution in [2.45, 2.75) is 58.8 Å². The van der Waals surface area contributed by atoms with Crippen molar-refractivity contribution in [2.75, 3.05) is 18.5 Å². The van der Waals surface area contributed by atoms with E-state index in [2.05, 4.69) is 29.1 Å². The molecular formula is C16H27N3O. The lowest BCUT2D eigenvalue weighted by Crippen LogP contribution is -2.35. The van der Waals surface area contributed by atoms with E-state index in [4.69, 9.17) is 0 Å². The number of anilines is 1. The Balaban J connectivity index is 2.06. The average Bonchev–Trinajstić information content (AvgIpc) is 2.45. The Morgan fingerprint density at radius 2 is 1.95 bits per heavy atom. The van der Waals surface area contributed by atoms with Crippen LogP contribution >= 0.6 is 0 Å². The van der Waals surface area contributed by atoms with Gasteiger partial charge in [-0.15, -0.1) is 0 Å². The number of aliphatic hydroxyl groups is 1. The maximum Gasteiger partial charge on any atom is 0.133 e. The predicted molar refractivity (Wildman–Crippen MR) is 82.0 cm³/mol. The molecule has 0 aliphatic heterocycles. The molecule has 1 fully saturated rings. The molecule has 0 spiro atoms. The van der Waals surface area contributed by atoms with E-state index in [-0.39, 0.29) is 12.0 Å². The third-order valence-electron chi connectivity index (χ3n) is 4.28. The molecule has 20 heavy (non-hydrogen) atoms.